The van der Waals surface area contributed by atoms with Crippen molar-refractivity contribution in [3.63, 3.8) is 0 Å². The van der Waals surface area contributed by atoms with Crippen molar-refractivity contribution in [2.75, 3.05) is 19.8 Å². The molecule has 1 saturated carbocycles. The minimum atomic E-state index is -3.66. The molecule has 0 heterocycles. The zero-order valence-corrected chi connectivity index (χ0v) is 13.9. The Labute approximate surface area is 126 Å². The molecule has 1 rings (SSSR count). The van der Waals surface area contributed by atoms with E-state index in [1.807, 2.05) is 0 Å². The average Bonchev–Trinajstić information content (AvgIpc) is 2.61. The lowest BCUT2D eigenvalue weighted by Crippen LogP contribution is -2.36. The van der Waals surface area contributed by atoms with Crippen LogP contribution in [0.25, 0.3) is 0 Å². The molecule has 0 N–H and O–H groups in total. The second-order valence-electron chi connectivity index (χ2n) is 4.89. The number of ketones is 1. The fraction of sp³-hybridized carbons (Fsp3) is 0.857. The van der Waals surface area contributed by atoms with Crippen LogP contribution >= 0.6 is 7.60 Å². The van der Waals surface area contributed by atoms with Crippen LogP contribution in [0.1, 0.15) is 46.5 Å². The molecular weight excluding hydrogens is 295 g/mol. The van der Waals surface area contributed by atoms with E-state index in [0.717, 1.165) is 6.42 Å². The largest absolute Gasteiger partial charge is 0.466 e. The molecule has 0 aromatic rings. The number of hydrogen-bond donors (Lipinski definition) is 0. The van der Waals surface area contributed by atoms with Crippen LogP contribution in [-0.4, -0.2) is 37.2 Å². The Morgan fingerprint density at radius 1 is 1.14 bits per heavy atom. The van der Waals surface area contributed by atoms with Crippen LogP contribution in [-0.2, 0) is 27.9 Å². The maximum Gasteiger partial charge on any atom is 0.341 e. The van der Waals surface area contributed by atoms with Gasteiger partial charge < -0.3 is 13.8 Å². The fourth-order valence-corrected chi connectivity index (χ4v) is 4.95. The molecule has 0 radical (unpaired) electrons. The Kier molecular flexibility index (Phi) is 7.57. The molecule has 2 atom stereocenters. The maximum atomic E-state index is 13.0. The number of ether oxygens (including phenoxy) is 1. The summed E-state index contributed by atoms with van der Waals surface area (Å²) in [7, 11) is -3.66. The Balaban J connectivity index is 3.14. The summed E-state index contributed by atoms with van der Waals surface area (Å²) in [5.41, 5.74) is -1.04. The molecular formula is C14H25O6P. The van der Waals surface area contributed by atoms with Crippen molar-refractivity contribution in [1.29, 1.82) is 0 Å². The summed E-state index contributed by atoms with van der Waals surface area (Å²) in [6, 6.07) is 0. The van der Waals surface area contributed by atoms with Crippen molar-refractivity contribution in [2.45, 2.75) is 52.1 Å². The molecule has 6 nitrogen and oxygen atoms in total. The molecule has 1 fully saturated rings. The number of hydrogen-bond acceptors (Lipinski definition) is 6. The molecule has 0 aromatic carbocycles. The van der Waals surface area contributed by atoms with Gasteiger partial charge in [-0.2, -0.15) is 0 Å². The predicted octanol–water partition coefficient (Wildman–Crippen LogP) is 2.94. The van der Waals surface area contributed by atoms with E-state index < -0.39 is 25.1 Å². The zero-order valence-electron chi connectivity index (χ0n) is 13.0. The zero-order chi connectivity index (χ0) is 15.9. The van der Waals surface area contributed by atoms with Gasteiger partial charge in [0.05, 0.1) is 25.7 Å². The lowest BCUT2D eigenvalue weighted by Gasteiger charge is -2.29. The lowest BCUT2D eigenvalue weighted by atomic mass is 9.99. The Hall–Kier alpha value is -0.710. The molecule has 0 aliphatic heterocycles. The third-order valence-electron chi connectivity index (χ3n) is 3.45. The van der Waals surface area contributed by atoms with Gasteiger partial charge in [-0.05, 0) is 33.6 Å². The van der Waals surface area contributed by atoms with Gasteiger partial charge >= 0.3 is 13.6 Å². The van der Waals surface area contributed by atoms with Crippen LogP contribution in [0.2, 0.25) is 0 Å². The third kappa shape index (κ3) is 4.63. The first kappa shape index (κ1) is 18.3. The van der Waals surface area contributed by atoms with E-state index >= 15 is 0 Å². The summed E-state index contributed by atoms with van der Waals surface area (Å²) >= 11 is 0. The fourth-order valence-electron chi connectivity index (χ4n) is 2.64. The Bertz CT molecular complexity index is 398. The third-order valence-corrected chi connectivity index (χ3v) is 6.01. The molecule has 1 aliphatic rings. The van der Waals surface area contributed by atoms with E-state index in [1.54, 1.807) is 20.8 Å². The monoisotopic (exact) mass is 320 g/mol. The molecule has 122 valence electrons. The van der Waals surface area contributed by atoms with Crippen LogP contribution in [0.15, 0.2) is 0 Å². The van der Waals surface area contributed by atoms with Gasteiger partial charge in [0.15, 0.2) is 0 Å². The van der Waals surface area contributed by atoms with Gasteiger partial charge in [-0.1, -0.05) is 6.42 Å². The van der Waals surface area contributed by atoms with Gasteiger partial charge in [-0.25, -0.2) is 0 Å². The van der Waals surface area contributed by atoms with E-state index in [0.29, 0.717) is 19.3 Å². The van der Waals surface area contributed by atoms with Crippen molar-refractivity contribution in [3.8, 4) is 0 Å². The van der Waals surface area contributed by atoms with Crippen molar-refractivity contribution in [3.05, 3.63) is 0 Å². The number of esters is 1. The summed E-state index contributed by atoms with van der Waals surface area (Å²) in [6.07, 6.45) is 2.18. The van der Waals surface area contributed by atoms with E-state index in [4.69, 9.17) is 13.8 Å². The van der Waals surface area contributed by atoms with Gasteiger partial charge in [0.1, 0.15) is 11.4 Å². The normalized spacial score (nSPS) is 23.7. The van der Waals surface area contributed by atoms with Crippen LogP contribution in [0.5, 0.6) is 0 Å². The highest BCUT2D eigenvalue weighted by Crippen LogP contribution is 2.57. The molecule has 7 heteroatoms. The Morgan fingerprint density at radius 2 is 1.76 bits per heavy atom. The molecule has 0 aromatic heterocycles. The molecule has 1 aliphatic carbocycles. The van der Waals surface area contributed by atoms with Crippen molar-refractivity contribution in [1.82, 2.24) is 0 Å². The van der Waals surface area contributed by atoms with E-state index in [-0.39, 0.29) is 25.6 Å². The molecule has 0 spiro atoms. The molecule has 2 unspecified atom stereocenters. The highest BCUT2D eigenvalue weighted by atomic mass is 31.2. The number of carbonyl (C=O) groups excluding carboxylic acids is 2. The number of Topliss-reactive ketones (excluding diaryl/α,β-unsaturated/α-hetero) is 1. The summed E-state index contributed by atoms with van der Waals surface area (Å²) < 4.78 is 28.6. The van der Waals surface area contributed by atoms with Gasteiger partial charge in [0.2, 0.25) is 0 Å². The van der Waals surface area contributed by atoms with Crippen molar-refractivity contribution >= 4 is 19.3 Å². The summed E-state index contributed by atoms with van der Waals surface area (Å²) in [6.45, 7) is 5.63. The van der Waals surface area contributed by atoms with Gasteiger partial charge in [0, 0.05) is 6.42 Å². The predicted molar refractivity (Wildman–Crippen MR) is 78.2 cm³/mol. The topological polar surface area (TPSA) is 78.9 Å². The molecule has 0 saturated heterocycles. The first-order chi connectivity index (χ1) is 10.00. The van der Waals surface area contributed by atoms with Gasteiger partial charge in [-0.3, -0.25) is 14.2 Å². The number of rotatable bonds is 7. The van der Waals surface area contributed by atoms with E-state index in [2.05, 4.69) is 0 Å². The maximum absolute atomic E-state index is 13.0. The minimum Gasteiger partial charge on any atom is -0.466 e. The molecule has 21 heavy (non-hydrogen) atoms. The first-order valence-corrected chi connectivity index (χ1v) is 9.19. The number of carbonyl (C=O) groups is 2. The highest BCUT2D eigenvalue weighted by Gasteiger charge is 2.49. The summed E-state index contributed by atoms with van der Waals surface area (Å²) in [5, 5.41) is 0. The van der Waals surface area contributed by atoms with Crippen molar-refractivity contribution in [2.24, 2.45) is 5.92 Å². The average molecular weight is 320 g/mol. The Morgan fingerprint density at radius 3 is 2.29 bits per heavy atom. The second kappa shape index (κ2) is 8.66. The smallest absolute Gasteiger partial charge is 0.341 e. The van der Waals surface area contributed by atoms with Crippen LogP contribution < -0.4 is 0 Å². The van der Waals surface area contributed by atoms with E-state index in [1.165, 1.54) is 0 Å². The minimum absolute atomic E-state index is 0.163. The first-order valence-electron chi connectivity index (χ1n) is 7.58. The van der Waals surface area contributed by atoms with Crippen molar-refractivity contribution < 1.29 is 27.9 Å². The van der Waals surface area contributed by atoms with Gasteiger partial charge in [-0.15, -0.1) is 0 Å². The highest BCUT2D eigenvalue weighted by molar-refractivity contribution is 7.55. The van der Waals surface area contributed by atoms with Crippen LogP contribution in [0, 0.1) is 5.92 Å². The van der Waals surface area contributed by atoms with Crippen LogP contribution in [0.4, 0.5) is 0 Å². The second-order valence-corrected chi connectivity index (χ2v) is 7.04. The van der Waals surface area contributed by atoms with Crippen LogP contribution in [0.3, 0.4) is 0 Å². The molecule has 0 bridgehead atoms. The quantitative estimate of drug-likeness (QED) is 0.408. The molecule has 0 amide bonds. The SMILES string of the molecule is CCOC(=O)C1CCCCC(=O)C1P(=O)(OCC)OCC. The van der Waals surface area contributed by atoms with Gasteiger partial charge in [0.25, 0.3) is 0 Å². The summed E-state index contributed by atoms with van der Waals surface area (Å²) in [4.78, 5) is 24.5. The standard InChI is InChI=1S/C14H25O6P/c1-4-18-14(16)11-9-7-8-10-12(15)13(11)21(17,19-5-2)20-6-3/h11,13H,4-10H2,1-3H3. The summed E-state index contributed by atoms with van der Waals surface area (Å²) in [5.74, 6) is -1.46. The van der Waals surface area contributed by atoms with E-state index in [9.17, 15) is 14.2 Å². The lowest BCUT2D eigenvalue weighted by molar-refractivity contribution is -0.149.